The van der Waals surface area contributed by atoms with Gasteiger partial charge in [-0.3, -0.25) is 0 Å². The SMILES string of the molecule is C=C/C(=C\C(CCNC)=C(C)C)COC. The Kier molecular flexibility index (Phi) is 7.96. The molecule has 0 aromatic rings. The Labute approximate surface area is 93.7 Å². The lowest BCUT2D eigenvalue weighted by Crippen LogP contribution is -2.08. The molecule has 0 aliphatic rings. The van der Waals surface area contributed by atoms with Crippen molar-refractivity contribution < 1.29 is 4.74 Å². The van der Waals surface area contributed by atoms with E-state index >= 15 is 0 Å². The largest absolute Gasteiger partial charge is 0.380 e. The third kappa shape index (κ3) is 6.26. The van der Waals surface area contributed by atoms with Gasteiger partial charge in [-0.05, 0) is 45.0 Å². The number of hydrogen-bond donors (Lipinski definition) is 1. The highest BCUT2D eigenvalue weighted by molar-refractivity contribution is 5.32. The highest BCUT2D eigenvalue weighted by Gasteiger charge is 1.98. The standard InChI is InChI=1S/C13H23NO/c1-6-12(10-15-5)9-13(11(2)3)7-8-14-4/h6,9,14H,1,7-8,10H2,2-5H3/b12-9+. The summed E-state index contributed by atoms with van der Waals surface area (Å²) in [4.78, 5) is 0. The van der Waals surface area contributed by atoms with Crippen molar-refractivity contribution in [1.29, 1.82) is 0 Å². The fraction of sp³-hybridized carbons (Fsp3) is 0.538. The molecule has 0 saturated heterocycles. The number of rotatable bonds is 7. The predicted molar refractivity (Wildman–Crippen MR) is 67.1 cm³/mol. The Hall–Kier alpha value is -0.860. The van der Waals surface area contributed by atoms with Crippen LogP contribution in [0.5, 0.6) is 0 Å². The molecule has 0 aromatic carbocycles. The van der Waals surface area contributed by atoms with Gasteiger partial charge in [-0.15, -0.1) is 0 Å². The van der Waals surface area contributed by atoms with Crippen molar-refractivity contribution in [3.05, 3.63) is 35.5 Å². The maximum atomic E-state index is 5.10. The highest BCUT2D eigenvalue weighted by atomic mass is 16.5. The zero-order valence-corrected chi connectivity index (χ0v) is 10.4. The Balaban J connectivity index is 4.63. The van der Waals surface area contributed by atoms with Crippen LogP contribution in [-0.4, -0.2) is 27.3 Å². The molecule has 0 radical (unpaired) electrons. The Morgan fingerprint density at radius 1 is 1.40 bits per heavy atom. The molecule has 0 saturated carbocycles. The van der Waals surface area contributed by atoms with Gasteiger partial charge in [0.1, 0.15) is 0 Å². The van der Waals surface area contributed by atoms with E-state index in [9.17, 15) is 0 Å². The second-order valence-corrected chi connectivity index (χ2v) is 3.74. The first kappa shape index (κ1) is 14.1. The first-order chi connectivity index (χ1) is 7.15. The van der Waals surface area contributed by atoms with Crippen LogP contribution in [0.15, 0.2) is 35.5 Å². The van der Waals surface area contributed by atoms with E-state index in [0.717, 1.165) is 18.5 Å². The van der Waals surface area contributed by atoms with Crippen molar-refractivity contribution in [3.63, 3.8) is 0 Å². The molecule has 86 valence electrons. The average Bonchev–Trinajstić information content (AvgIpc) is 2.22. The van der Waals surface area contributed by atoms with Crippen LogP contribution in [0.4, 0.5) is 0 Å². The summed E-state index contributed by atoms with van der Waals surface area (Å²) >= 11 is 0. The van der Waals surface area contributed by atoms with Crippen LogP contribution in [0.2, 0.25) is 0 Å². The summed E-state index contributed by atoms with van der Waals surface area (Å²) in [5.41, 5.74) is 3.84. The smallest absolute Gasteiger partial charge is 0.0712 e. The summed E-state index contributed by atoms with van der Waals surface area (Å²) in [6.45, 7) is 9.67. The lowest BCUT2D eigenvalue weighted by Gasteiger charge is -2.07. The van der Waals surface area contributed by atoms with Crippen LogP contribution in [0, 0.1) is 0 Å². The minimum absolute atomic E-state index is 0.625. The molecule has 0 amide bonds. The fourth-order valence-corrected chi connectivity index (χ4v) is 1.28. The molecule has 0 atom stereocenters. The summed E-state index contributed by atoms with van der Waals surface area (Å²) in [5, 5.41) is 3.16. The van der Waals surface area contributed by atoms with Crippen LogP contribution in [0.1, 0.15) is 20.3 Å². The Bertz CT molecular complexity index is 247. The minimum atomic E-state index is 0.625. The van der Waals surface area contributed by atoms with Crippen molar-refractivity contribution in [1.82, 2.24) is 5.32 Å². The van der Waals surface area contributed by atoms with Crippen molar-refractivity contribution in [2.75, 3.05) is 27.3 Å². The summed E-state index contributed by atoms with van der Waals surface area (Å²) in [7, 11) is 3.67. The third-order valence-electron chi connectivity index (χ3n) is 2.22. The van der Waals surface area contributed by atoms with E-state index in [1.165, 1.54) is 11.1 Å². The van der Waals surface area contributed by atoms with Crippen LogP contribution < -0.4 is 5.32 Å². The van der Waals surface area contributed by atoms with Gasteiger partial charge in [-0.2, -0.15) is 0 Å². The molecule has 2 nitrogen and oxygen atoms in total. The first-order valence-electron chi connectivity index (χ1n) is 5.28. The van der Waals surface area contributed by atoms with Crippen molar-refractivity contribution in [2.24, 2.45) is 0 Å². The normalized spacial score (nSPS) is 11.3. The highest BCUT2D eigenvalue weighted by Crippen LogP contribution is 2.13. The van der Waals surface area contributed by atoms with Gasteiger partial charge in [0.05, 0.1) is 6.61 Å². The maximum Gasteiger partial charge on any atom is 0.0712 e. The number of ether oxygens (including phenoxy) is 1. The van der Waals surface area contributed by atoms with E-state index in [0.29, 0.717) is 6.61 Å². The van der Waals surface area contributed by atoms with Crippen molar-refractivity contribution >= 4 is 0 Å². The van der Waals surface area contributed by atoms with Crippen LogP contribution in [0.3, 0.4) is 0 Å². The van der Waals surface area contributed by atoms with E-state index in [4.69, 9.17) is 4.74 Å². The Morgan fingerprint density at radius 2 is 2.07 bits per heavy atom. The summed E-state index contributed by atoms with van der Waals surface area (Å²) in [6.07, 6.45) is 5.06. The predicted octanol–water partition coefficient (Wildman–Crippen LogP) is 2.69. The second kappa shape index (κ2) is 8.45. The second-order valence-electron chi connectivity index (χ2n) is 3.74. The number of allylic oxidation sites excluding steroid dienone is 2. The van der Waals surface area contributed by atoms with E-state index < -0.39 is 0 Å². The average molecular weight is 209 g/mol. The molecule has 0 fully saturated rings. The van der Waals surface area contributed by atoms with Crippen LogP contribution in [-0.2, 0) is 4.74 Å². The molecule has 0 aromatic heterocycles. The van der Waals surface area contributed by atoms with Gasteiger partial charge in [0.25, 0.3) is 0 Å². The molecule has 0 heterocycles. The summed E-state index contributed by atoms with van der Waals surface area (Å²) in [6, 6.07) is 0. The third-order valence-corrected chi connectivity index (χ3v) is 2.22. The Morgan fingerprint density at radius 3 is 2.47 bits per heavy atom. The van der Waals surface area contributed by atoms with Gasteiger partial charge in [0, 0.05) is 7.11 Å². The lowest BCUT2D eigenvalue weighted by atomic mass is 10.0. The van der Waals surface area contributed by atoms with E-state index in [2.05, 4.69) is 31.8 Å². The van der Waals surface area contributed by atoms with E-state index in [1.807, 2.05) is 13.1 Å². The molecule has 1 N–H and O–H groups in total. The van der Waals surface area contributed by atoms with Crippen LogP contribution >= 0.6 is 0 Å². The van der Waals surface area contributed by atoms with Crippen molar-refractivity contribution in [2.45, 2.75) is 20.3 Å². The topological polar surface area (TPSA) is 21.3 Å². The quantitative estimate of drug-likeness (QED) is 0.651. The van der Waals surface area contributed by atoms with Gasteiger partial charge in [0.2, 0.25) is 0 Å². The number of methoxy groups -OCH3 is 1. The molecule has 15 heavy (non-hydrogen) atoms. The molecule has 0 bridgehead atoms. The van der Waals surface area contributed by atoms with Gasteiger partial charge >= 0.3 is 0 Å². The van der Waals surface area contributed by atoms with E-state index in [-0.39, 0.29) is 0 Å². The molecule has 0 aliphatic heterocycles. The van der Waals surface area contributed by atoms with Gasteiger partial charge < -0.3 is 10.1 Å². The lowest BCUT2D eigenvalue weighted by molar-refractivity contribution is 0.228. The molecule has 0 aliphatic carbocycles. The van der Waals surface area contributed by atoms with E-state index in [1.54, 1.807) is 7.11 Å². The van der Waals surface area contributed by atoms with Gasteiger partial charge in [-0.1, -0.05) is 24.3 Å². The maximum absolute atomic E-state index is 5.10. The monoisotopic (exact) mass is 209 g/mol. The first-order valence-corrected chi connectivity index (χ1v) is 5.28. The zero-order valence-electron chi connectivity index (χ0n) is 10.4. The zero-order chi connectivity index (χ0) is 11.7. The molecule has 2 heteroatoms. The van der Waals surface area contributed by atoms with Gasteiger partial charge in [0.15, 0.2) is 0 Å². The minimum Gasteiger partial charge on any atom is -0.380 e. The van der Waals surface area contributed by atoms with Gasteiger partial charge in [-0.25, -0.2) is 0 Å². The molecular formula is C13H23NO. The molecule has 0 spiro atoms. The molecule has 0 unspecified atom stereocenters. The number of hydrogen-bond acceptors (Lipinski definition) is 2. The molecule has 0 rings (SSSR count). The van der Waals surface area contributed by atoms with Crippen LogP contribution in [0.25, 0.3) is 0 Å². The molecular weight excluding hydrogens is 186 g/mol. The summed E-state index contributed by atoms with van der Waals surface area (Å²) in [5.74, 6) is 0. The summed E-state index contributed by atoms with van der Waals surface area (Å²) < 4.78 is 5.10. The van der Waals surface area contributed by atoms with Crippen molar-refractivity contribution in [3.8, 4) is 0 Å². The number of nitrogens with one attached hydrogen (secondary N) is 1. The fourth-order valence-electron chi connectivity index (χ4n) is 1.28.